The van der Waals surface area contributed by atoms with Crippen molar-refractivity contribution in [1.82, 2.24) is 9.91 Å². The summed E-state index contributed by atoms with van der Waals surface area (Å²) in [6.45, 7) is 6.65. The largest absolute Gasteiger partial charge is 0.338 e. The molecule has 0 aromatic heterocycles. The molecule has 20 heavy (non-hydrogen) atoms. The average molecular weight is 271 g/mol. The van der Waals surface area contributed by atoms with Crippen molar-refractivity contribution >= 4 is 6.34 Å². The first-order valence-electron chi connectivity index (χ1n) is 7.81. The number of hydrogen-bond donors (Lipinski definition) is 0. The molecule has 108 valence electrons. The van der Waals surface area contributed by atoms with E-state index in [-0.39, 0.29) is 0 Å². The molecule has 1 saturated carbocycles. The van der Waals surface area contributed by atoms with Gasteiger partial charge >= 0.3 is 0 Å². The molecule has 1 aromatic carbocycles. The second kappa shape index (κ2) is 5.86. The van der Waals surface area contributed by atoms with Crippen LogP contribution in [0.25, 0.3) is 0 Å². The highest BCUT2D eigenvalue weighted by Gasteiger charge is 2.32. The molecule has 0 amide bonds. The van der Waals surface area contributed by atoms with E-state index in [0.717, 1.165) is 25.0 Å². The molecule has 0 N–H and O–H groups in total. The van der Waals surface area contributed by atoms with E-state index in [1.165, 1.54) is 24.8 Å². The molecule has 0 saturated heterocycles. The van der Waals surface area contributed by atoms with Crippen LogP contribution >= 0.6 is 0 Å². The van der Waals surface area contributed by atoms with Crippen molar-refractivity contribution in [3.63, 3.8) is 0 Å². The Balaban J connectivity index is 1.58. The van der Waals surface area contributed by atoms with Gasteiger partial charge < -0.3 is 4.90 Å². The van der Waals surface area contributed by atoms with E-state index in [1.54, 1.807) is 0 Å². The van der Waals surface area contributed by atoms with E-state index in [0.29, 0.717) is 6.04 Å². The highest BCUT2D eigenvalue weighted by Crippen LogP contribution is 2.33. The van der Waals surface area contributed by atoms with Crippen molar-refractivity contribution in [3.8, 4) is 0 Å². The Hall–Kier alpha value is -1.51. The minimum absolute atomic E-state index is 0.621. The van der Waals surface area contributed by atoms with Gasteiger partial charge in [-0.25, -0.2) is 0 Å². The topological polar surface area (TPSA) is 18.8 Å². The van der Waals surface area contributed by atoms with Crippen LogP contribution in [0.2, 0.25) is 0 Å². The molecule has 2 aliphatic rings. The van der Waals surface area contributed by atoms with Crippen LogP contribution in [0, 0.1) is 11.8 Å². The molecule has 3 rings (SSSR count). The van der Waals surface area contributed by atoms with Crippen molar-refractivity contribution in [2.75, 3.05) is 6.67 Å². The fourth-order valence-corrected chi connectivity index (χ4v) is 3.42. The van der Waals surface area contributed by atoms with E-state index in [4.69, 9.17) is 0 Å². The second-order valence-electron chi connectivity index (χ2n) is 6.51. The quantitative estimate of drug-likeness (QED) is 0.837. The summed E-state index contributed by atoms with van der Waals surface area (Å²) < 4.78 is 0. The van der Waals surface area contributed by atoms with E-state index >= 15 is 0 Å². The van der Waals surface area contributed by atoms with E-state index in [1.807, 2.05) is 6.34 Å². The summed E-state index contributed by atoms with van der Waals surface area (Å²) in [6.07, 6.45) is 6.02. The minimum atomic E-state index is 0.621. The van der Waals surface area contributed by atoms with Crippen LogP contribution in [-0.4, -0.2) is 29.0 Å². The Morgan fingerprint density at radius 2 is 1.95 bits per heavy atom. The van der Waals surface area contributed by atoms with Crippen LogP contribution in [0.4, 0.5) is 0 Å². The zero-order chi connectivity index (χ0) is 13.9. The lowest BCUT2D eigenvalue weighted by atomic mass is 9.80. The van der Waals surface area contributed by atoms with Gasteiger partial charge in [-0.15, -0.1) is 0 Å². The van der Waals surface area contributed by atoms with Crippen molar-refractivity contribution in [1.29, 1.82) is 0 Å². The predicted octanol–water partition coefficient (Wildman–Crippen LogP) is 3.53. The highest BCUT2D eigenvalue weighted by atomic mass is 15.6. The van der Waals surface area contributed by atoms with Gasteiger partial charge in [-0.3, -0.25) is 5.01 Å². The smallest absolute Gasteiger partial charge is 0.113 e. The first-order valence-corrected chi connectivity index (χ1v) is 7.81. The van der Waals surface area contributed by atoms with Crippen LogP contribution in [0.1, 0.15) is 38.7 Å². The molecule has 0 spiro atoms. The molecule has 0 unspecified atom stereocenters. The van der Waals surface area contributed by atoms with Crippen LogP contribution in [0.15, 0.2) is 35.4 Å². The maximum Gasteiger partial charge on any atom is 0.113 e. The SMILES string of the molecule is C[C@@H]1CC[C@@H](C)[C@@H](N2CN(Cc3ccccc3)C=N2)C1. The van der Waals surface area contributed by atoms with Gasteiger partial charge in [0.1, 0.15) is 13.0 Å². The molecule has 1 aliphatic heterocycles. The molecular formula is C17H25N3. The Bertz CT molecular complexity index is 457. The fourth-order valence-electron chi connectivity index (χ4n) is 3.42. The monoisotopic (exact) mass is 271 g/mol. The summed E-state index contributed by atoms with van der Waals surface area (Å²) in [5.74, 6) is 1.61. The molecule has 3 heteroatoms. The first-order chi connectivity index (χ1) is 9.72. The maximum absolute atomic E-state index is 4.66. The molecule has 1 fully saturated rings. The summed E-state index contributed by atoms with van der Waals surface area (Å²) in [6, 6.07) is 11.3. The molecule has 1 aliphatic carbocycles. The average Bonchev–Trinajstić information content (AvgIpc) is 2.91. The number of benzene rings is 1. The molecule has 3 nitrogen and oxygen atoms in total. The van der Waals surface area contributed by atoms with Gasteiger partial charge in [-0.05, 0) is 30.2 Å². The first kappa shape index (κ1) is 13.5. The van der Waals surface area contributed by atoms with Crippen LogP contribution in [0.3, 0.4) is 0 Å². The van der Waals surface area contributed by atoms with Crippen molar-refractivity contribution in [3.05, 3.63) is 35.9 Å². The van der Waals surface area contributed by atoms with E-state index in [2.05, 4.69) is 59.2 Å². The summed E-state index contributed by atoms with van der Waals surface area (Å²) in [5, 5.41) is 6.96. The Labute approximate surface area is 122 Å². The molecule has 0 radical (unpaired) electrons. The standard InChI is InChI=1S/C17H25N3/c1-14-8-9-15(2)17(10-14)20-13-19(12-18-20)11-16-6-4-3-5-7-16/h3-7,12,14-15,17H,8-11,13H2,1-2H3/t14-,15-,17+/m1/s1. The molecule has 1 heterocycles. The molecule has 0 bridgehead atoms. The summed E-state index contributed by atoms with van der Waals surface area (Å²) in [5.41, 5.74) is 1.35. The van der Waals surface area contributed by atoms with Crippen LogP contribution in [-0.2, 0) is 6.54 Å². The Kier molecular flexibility index (Phi) is 3.95. The van der Waals surface area contributed by atoms with Gasteiger partial charge in [0.05, 0.1) is 6.04 Å². The lowest BCUT2D eigenvalue weighted by Gasteiger charge is -2.38. The van der Waals surface area contributed by atoms with Gasteiger partial charge in [0.25, 0.3) is 0 Å². The minimum Gasteiger partial charge on any atom is -0.338 e. The zero-order valence-corrected chi connectivity index (χ0v) is 12.6. The highest BCUT2D eigenvalue weighted by molar-refractivity contribution is 5.56. The fraction of sp³-hybridized carbons (Fsp3) is 0.588. The summed E-state index contributed by atoms with van der Waals surface area (Å²) in [7, 11) is 0. The van der Waals surface area contributed by atoms with Gasteiger partial charge in [0.2, 0.25) is 0 Å². The second-order valence-corrected chi connectivity index (χ2v) is 6.51. The molecule has 1 aromatic rings. The van der Waals surface area contributed by atoms with Crippen LogP contribution < -0.4 is 0 Å². The van der Waals surface area contributed by atoms with Crippen LogP contribution in [0.5, 0.6) is 0 Å². The van der Waals surface area contributed by atoms with Gasteiger partial charge in [-0.2, -0.15) is 5.10 Å². The lowest BCUT2D eigenvalue weighted by Crippen LogP contribution is -2.41. The maximum atomic E-state index is 4.66. The normalized spacial score (nSPS) is 30.0. The Morgan fingerprint density at radius 1 is 1.15 bits per heavy atom. The number of hydrogen-bond acceptors (Lipinski definition) is 3. The summed E-state index contributed by atoms with van der Waals surface area (Å²) >= 11 is 0. The number of nitrogens with zero attached hydrogens (tertiary/aromatic N) is 3. The number of hydrazone groups is 1. The van der Waals surface area contributed by atoms with E-state index in [9.17, 15) is 0 Å². The van der Waals surface area contributed by atoms with Crippen molar-refractivity contribution in [2.24, 2.45) is 16.9 Å². The van der Waals surface area contributed by atoms with Gasteiger partial charge in [0.15, 0.2) is 0 Å². The number of rotatable bonds is 3. The van der Waals surface area contributed by atoms with Crippen molar-refractivity contribution < 1.29 is 0 Å². The van der Waals surface area contributed by atoms with Gasteiger partial charge in [-0.1, -0.05) is 50.6 Å². The third kappa shape index (κ3) is 2.97. The zero-order valence-electron chi connectivity index (χ0n) is 12.6. The van der Waals surface area contributed by atoms with Gasteiger partial charge in [0, 0.05) is 6.54 Å². The molecule has 3 atom stereocenters. The van der Waals surface area contributed by atoms with Crippen molar-refractivity contribution in [2.45, 2.75) is 45.7 Å². The Morgan fingerprint density at radius 3 is 2.75 bits per heavy atom. The lowest BCUT2D eigenvalue weighted by molar-refractivity contribution is 0.0791. The third-order valence-electron chi connectivity index (χ3n) is 4.72. The molecular weight excluding hydrogens is 246 g/mol. The van der Waals surface area contributed by atoms with E-state index < -0.39 is 0 Å². The summed E-state index contributed by atoms with van der Waals surface area (Å²) in [4.78, 5) is 2.31. The third-order valence-corrected chi connectivity index (χ3v) is 4.72. The predicted molar refractivity (Wildman–Crippen MR) is 83.2 cm³/mol.